The zero-order chi connectivity index (χ0) is 21.3. The molecule has 1 aliphatic rings. The number of hydrogen-bond acceptors (Lipinski definition) is 1. The summed E-state index contributed by atoms with van der Waals surface area (Å²) in [5, 5.41) is 0. The molecule has 0 bridgehead atoms. The minimum atomic E-state index is 0. The largest absolute Gasteiger partial charge is 1.00 e. The minimum absolute atomic E-state index is 0. The summed E-state index contributed by atoms with van der Waals surface area (Å²) in [6.45, 7) is 22.0. The Bertz CT molecular complexity index is 769. The summed E-state index contributed by atoms with van der Waals surface area (Å²) in [5.41, 5.74) is 9.11. The highest BCUT2D eigenvalue weighted by atomic mass is 35.5. The molecule has 30 heavy (non-hydrogen) atoms. The van der Waals surface area contributed by atoms with Crippen LogP contribution in [0.4, 0.5) is 11.4 Å². The lowest BCUT2D eigenvalue weighted by Crippen LogP contribution is -3.06. The third kappa shape index (κ3) is 4.86. The number of rotatable bonds is 6. The summed E-state index contributed by atoms with van der Waals surface area (Å²) in [6.07, 6.45) is 0. The van der Waals surface area contributed by atoms with Crippen molar-refractivity contribution >= 4 is 11.4 Å². The second-order valence-electron chi connectivity index (χ2n) is 9.98. The second-order valence-corrected chi connectivity index (χ2v) is 9.98. The van der Waals surface area contributed by atoms with Gasteiger partial charge in [-0.2, -0.15) is 0 Å². The van der Waals surface area contributed by atoms with Crippen LogP contribution in [-0.4, -0.2) is 19.8 Å². The van der Waals surface area contributed by atoms with Crippen molar-refractivity contribution in [2.45, 2.75) is 79.1 Å². The fraction of sp³-hybridized carbons (Fsp3) is 0.556. The van der Waals surface area contributed by atoms with Crippen molar-refractivity contribution in [1.82, 2.24) is 0 Å². The minimum Gasteiger partial charge on any atom is -1.00 e. The first-order valence-corrected chi connectivity index (χ1v) is 11.6. The van der Waals surface area contributed by atoms with Gasteiger partial charge in [0.2, 0.25) is 0 Å². The Morgan fingerprint density at radius 2 is 1.23 bits per heavy atom. The predicted molar refractivity (Wildman–Crippen MR) is 127 cm³/mol. The molecular weight excluding hydrogens is 388 g/mol. The Kier molecular flexibility index (Phi) is 8.42. The van der Waals surface area contributed by atoms with Gasteiger partial charge < -0.3 is 17.3 Å². The van der Waals surface area contributed by atoms with E-state index >= 15 is 0 Å². The summed E-state index contributed by atoms with van der Waals surface area (Å²) >= 11 is 0. The zero-order valence-electron chi connectivity index (χ0n) is 20.2. The quantitative estimate of drug-likeness (QED) is 0.742. The van der Waals surface area contributed by atoms with Crippen molar-refractivity contribution in [3.05, 3.63) is 58.7 Å². The lowest BCUT2D eigenvalue weighted by Gasteiger charge is -2.26. The van der Waals surface area contributed by atoms with Crippen LogP contribution in [0.5, 0.6) is 0 Å². The van der Waals surface area contributed by atoms with Gasteiger partial charge in [-0.25, -0.2) is 0 Å². The van der Waals surface area contributed by atoms with Gasteiger partial charge in [-0.05, 0) is 52.5 Å². The number of hydrogen-bond donors (Lipinski definition) is 1. The molecule has 3 rings (SSSR count). The lowest BCUT2D eigenvalue weighted by molar-refractivity contribution is -0.817. The summed E-state index contributed by atoms with van der Waals surface area (Å²) in [4.78, 5) is 4.24. The number of halogens is 1. The first-order chi connectivity index (χ1) is 13.7. The van der Waals surface area contributed by atoms with Crippen molar-refractivity contribution in [3.8, 4) is 0 Å². The van der Waals surface area contributed by atoms with Gasteiger partial charge in [0.05, 0.1) is 6.54 Å². The van der Waals surface area contributed by atoms with E-state index < -0.39 is 0 Å². The van der Waals surface area contributed by atoms with Crippen LogP contribution in [0.25, 0.3) is 0 Å². The van der Waals surface area contributed by atoms with E-state index in [2.05, 4.69) is 96.7 Å². The van der Waals surface area contributed by atoms with Crippen LogP contribution in [0, 0.1) is 0 Å². The molecule has 0 radical (unpaired) electrons. The molecule has 0 saturated carbocycles. The Morgan fingerprint density at radius 3 is 1.77 bits per heavy atom. The molecule has 1 aliphatic heterocycles. The highest BCUT2D eigenvalue weighted by Gasteiger charge is 2.31. The van der Waals surface area contributed by atoms with Crippen LogP contribution >= 0.6 is 0 Å². The third-order valence-corrected chi connectivity index (χ3v) is 6.44. The van der Waals surface area contributed by atoms with Crippen LogP contribution < -0.4 is 22.2 Å². The highest BCUT2D eigenvalue weighted by Crippen LogP contribution is 2.35. The molecule has 1 fully saturated rings. The van der Waals surface area contributed by atoms with E-state index in [1.165, 1.54) is 29.0 Å². The van der Waals surface area contributed by atoms with Gasteiger partial charge >= 0.3 is 0 Å². The molecule has 1 N–H and O–H groups in total. The summed E-state index contributed by atoms with van der Waals surface area (Å²) < 4.78 is 0. The van der Waals surface area contributed by atoms with Crippen molar-refractivity contribution in [2.75, 3.05) is 24.7 Å². The molecule has 2 aromatic carbocycles. The van der Waals surface area contributed by atoms with E-state index in [4.69, 9.17) is 0 Å². The Morgan fingerprint density at radius 1 is 0.700 bits per heavy atom. The Balaban J connectivity index is 0.00000320. The molecule has 1 heterocycles. The fourth-order valence-electron chi connectivity index (χ4n) is 5.10. The fourth-order valence-corrected chi connectivity index (χ4v) is 5.10. The molecule has 3 heteroatoms. The number of nitrogens with one attached hydrogen (secondary N) is 1. The maximum Gasteiger partial charge on any atom is 0.157 e. The van der Waals surface area contributed by atoms with Gasteiger partial charge in [0.15, 0.2) is 6.67 Å². The third-order valence-electron chi connectivity index (χ3n) is 6.44. The maximum atomic E-state index is 2.63. The predicted octanol–water partition coefficient (Wildman–Crippen LogP) is 3.18. The van der Waals surface area contributed by atoms with Crippen LogP contribution in [0.2, 0.25) is 0 Å². The zero-order valence-corrected chi connectivity index (χ0v) is 21.0. The maximum absolute atomic E-state index is 2.63. The van der Waals surface area contributed by atoms with E-state index in [0.717, 1.165) is 13.2 Å². The number of benzene rings is 2. The molecule has 1 unspecified atom stereocenters. The van der Waals surface area contributed by atoms with Crippen molar-refractivity contribution in [2.24, 2.45) is 0 Å². The van der Waals surface area contributed by atoms with Crippen molar-refractivity contribution in [3.63, 3.8) is 0 Å². The standard InChI is InChI=1S/C27H40N2.ClH/c1-18(2)22-11-9-13-24(26(22)20(5)6)28-15-16-29(17-28)25-14-10-12-23(19(3)4)27(25)21(7)8;/h9-14,18-21H,15-17H2,1-8H3;1H. The highest BCUT2D eigenvalue weighted by molar-refractivity contribution is 5.59. The summed E-state index contributed by atoms with van der Waals surface area (Å²) in [7, 11) is 0. The molecule has 1 atom stereocenters. The van der Waals surface area contributed by atoms with Gasteiger partial charge in [0.1, 0.15) is 12.2 Å². The molecule has 0 aromatic heterocycles. The first-order valence-electron chi connectivity index (χ1n) is 11.6. The smallest absolute Gasteiger partial charge is 0.157 e. The van der Waals surface area contributed by atoms with E-state index in [0.29, 0.717) is 23.7 Å². The molecule has 0 spiro atoms. The molecular formula is C27H41ClN2. The van der Waals surface area contributed by atoms with Crippen LogP contribution in [0.15, 0.2) is 36.4 Å². The van der Waals surface area contributed by atoms with Gasteiger partial charge in [0, 0.05) is 11.3 Å². The van der Waals surface area contributed by atoms with E-state index in [9.17, 15) is 0 Å². The van der Waals surface area contributed by atoms with Crippen molar-refractivity contribution < 1.29 is 17.3 Å². The van der Waals surface area contributed by atoms with Crippen LogP contribution in [0.3, 0.4) is 0 Å². The van der Waals surface area contributed by atoms with E-state index in [-0.39, 0.29) is 12.4 Å². The molecule has 1 saturated heterocycles. The van der Waals surface area contributed by atoms with Crippen LogP contribution in [0.1, 0.15) is 101 Å². The number of quaternary nitrogens is 1. The molecule has 2 aromatic rings. The summed E-state index contributed by atoms with van der Waals surface area (Å²) in [6, 6.07) is 13.9. The van der Waals surface area contributed by atoms with Crippen molar-refractivity contribution in [1.29, 1.82) is 0 Å². The van der Waals surface area contributed by atoms with Gasteiger partial charge in [-0.15, -0.1) is 0 Å². The normalized spacial score (nSPS) is 16.8. The van der Waals surface area contributed by atoms with Gasteiger partial charge in [-0.1, -0.05) is 79.7 Å². The SMILES string of the molecule is CC(C)c1cccc(N2CC[NH+](c3cccc(C(C)C)c3C(C)C)C2)c1C(C)C.[Cl-]. The Hall–Kier alpha value is -1.51. The van der Waals surface area contributed by atoms with E-state index in [1.54, 1.807) is 16.0 Å². The molecule has 166 valence electrons. The van der Waals surface area contributed by atoms with E-state index in [1.807, 2.05) is 0 Å². The molecule has 2 nitrogen and oxygen atoms in total. The number of anilines is 1. The monoisotopic (exact) mass is 428 g/mol. The first kappa shape index (κ1) is 24.8. The molecule has 0 amide bonds. The average molecular weight is 429 g/mol. The lowest BCUT2D eigenvalue weighted by atomic mass is 9.88. The topological polar surface area (TPSA) is 7.68 Å². The average Bonchev–Trinajstić information content (AvgIpc) is 3.16. The second kappa shape index (κ2) is 10.2. The molecule has 0 aliphatic carbocycles. The van der Waals surface area contributed by atoms with Crippen LogP contribution in [-0.2, 0) is 0 Å². The Labute approximate surface area is 191 Å². The summed E-state index contributed by atoms with van der Waals surface area (Å²) in [5.74, 6) is 2.23. The van der Waals surface area contributed by atoms with Gasteiger partial charge in [0.25, 0.3) is 0 Å². The van der Waals surface area contributed by atoms with Gasteiger partial charge in [-0.3, -0.25) is 4.90 Å². The number of nitrogens with zero attached hydrogens (tertiary/aromatic N) is 1.